The van der Waals surface area contributed by atoms with Gasteiger partial charge in [0.25, 0.3) is 0 Å². The van der Waals surface area contributed by atoms with E-state index in [0.717, 1.165) is 44.6 Å². The van der Waals surface area contributed by atoms with Gasteiger partial charge in [-0.25, -0.2) is 0 Å². The van der Waals surface area contributed by atoms with Crippen LogP contribution in [-0.4, -0.2) is 26.3 Å². The van der Waals surface area contributed by atoms with E-state index in [1.807, 2.05) is 0 Å². The Balaban J connectivity index is 2.12. The first-order valence-corrected chi connectivity index (χ1v) is 6.65. The minimum absolute atomic E-state index is 0.751. The molecule has 0 aromatic carbocycles. The molecular formula is C14H27NO. The minimum atomic E-state index is 0.751. The summed E-state index contributed by atoms with van der Waals surface area (Å²) in [5.74, 6) is 1.53. The van der Waals surface area contributed by atoms with Crippen LogP contribution >= 0.6 is 0 Å². The molecule has 1 fully saturated rings. The summed E-state index contributed by atoms with van der Waals surface area (Å²) in [6, 6.07) is 0. The van der Waals surface area contributed by atoms with Gasteiger partial charge in [0.05, 0.1) is 0 Å². The molecule has 16 heavy (non-hydrogen) atoms. The predicted octanol–water partition coefficient (Wildman–Crippen LogP) is 3.00. The lowest BCUT2D eigenvalue weighted by Crippen LogP contribution is -2.20. The maximum atomic E-state index is 5.38. The molecule has 2 nitrogen and oxygen atoms in total. The van der Waals surface area contributed by atoms with Crippen molar-refractivity contribution in [1.29, 1.82) is 0 Å². The molecule has 0 saturated carbocycles. The van der Waals surface area contributed by atoms with Gasteiger partial charge in [0.1, 0.15) is 0 Å². The summed E-state index contributed by atoms with van der Waals surface area (Å²) < 4.78 is 5.38. The van der Waals surface area contributed by atoms with Crippen molar-refractivity contribution in [3.05, 3.63) is 11.6 Å². The quantitative estimate of drug-likeness (QED) is 0.554. The Morgan fingerprint density at radius 3 is 2.69 bits per heavy atom. The zero-order chi connectivity index (χ0) is 11.8. The highest BCUT2D eigenvalue weighted by Crippen LogP contribution is 2.22. The normalized spacial score (nSPS) is 19.4. The van der Waals surface area contributed by atoms with Crippen molar-refractivity contribution in [1.82, 2.24) is 5.32 Å². The van der Waals surface area contributed by atoms with Crippen molar-refractivity contribution in [3.63, 3.8) is 0 Å². The SMILES string of the molecule is CC(=CCCNCC(C)C)C1CCOCC1. The van der Waals surface area contributed by atoms with Crippen LogP contribution in [-0.2, 0) is 4.74 Å². The highest BCUT2D eigenvalue weighted by molar-refractivity contribution is 5.04. The zero-order valence-electron chi connectivity index (χ0n) is 11.1. The Morgan fingerprint density at radius 2 is 2.06 bits per heavy atom. The number of ether oxygens (including phenoxy) is 1. The lowest BCUT2D eigenvalue weighted by atomic mass is 9.92. The predicted molar refractivity (Wildman–Crippen MR) is 69.6 cm³/mol. The molecule has 0 spiro atoms. The third-order valence-electron chi connectivity index (χ3n) is 3.21. The molecular weight excluding hydrogens is 198 g/mol. The largest absolute Gasteiger partial charge is 0.381 e. The lowest BCUT2D eigenvalue weighted by molar-refractivity contribution is 0.0757. The Labute approximate surface area is 100 Å². The van der Waals surface area contributed by atoms with Gasteiger partial charge < -0.3 is 10.1 Å². The van der Waals surface area contributed by atoms with Crippen LogP contribution in [0.1, 0.15) is 40.0 Å². The van der Waals surface area contributed by atoms with Gasteiger partial charge in [-0.2, -0.15) is 0 Å². The first-order chi connectivity index (χ1) is 7.70. The summed E-state index contributed by atoms with van der Waals surface area (Å²) in [4.78, 5) is 0. The van der Waals surface area contributed by atoms with Crippen molar-refractivity contribution >= 4 is 0 Å². The van der Waals surface area contributed by atoms with Gasteiger partial charge in [-0.05, 0) is 51.1 Å². The smallest absolute Gasteiger partial charge is 0.0471 e. The van der Waals surface area contributed by atoms with Gasteiger partial charge in [0.2, 0.25) is 0 Å². The topological polar surface area (TPSA) is 21.3 Å². The molecule has 0 aliphatic carbocycles. The van der Waals surface area contributed by atoms with Gasteiger partial charge in [-0.3, -0.25) is 0 Å². The van der Waals surface area contributed by atoms with Crippen molar-refractivity contribution in [3.8, 4) is 0 Å². The number of hydrogen-bond acceptors (Lipinski definition) is 2. The minimum Gasteiger partial charge on any atom is -0.381 e. The van der Waals surface area contributed by atoms with Crippen LogP contribution in [0.15, 0.2) is 11.6 Å². The summed E-state index contributed by atoms with van der Waals surface area (Å²) in [6.07, 6.45) is 5.99. The number of rotatable bonds is 6. The molecule has 1 rings (SSSR count). The third kappa shape index (κ3) is 5.66. The monoisotopic (exact) mass is 225 g/mol. The molecule has 1 saturated heterocycles. The fourth-order valence-corrected chi connectivity index (χ4v) is 2.11. The molecule has 0 radical (unpaired) electrons. The second kappa shape index (κ2) is 7.86. The number of nitrogens with one attached hydrogen (secondary N) is 1. The fourth-order valence-electron chi connectivity index (χ4n) is 2.11. The number of allylic oxidation sites excluding steroid dienone is 1. The summed E-state index contributed by atoms with van der Waals surface area (Å²) in [5.41, 5.74) is 1.56. The van der Waals surface area contributed by atoms with E-state index in [-0.39, 0.29) is 0 Å². The summed E-state index contributed by atoms with van der Waals surface area (Å²) in [5, 5.41) is 3.47. The lowest BCUT2D eigenvalue weighted by Gasteiger charge is -2.22. The maximum Gasteiger partial charge on any atom is 0.0471 e. The van der Waals surface area contributed by atoms with Crippen molar-refractivity contribution < 1.29 is 4.74 Å². The van der Waals surface area contributed by atoms with E-state index in [2.05, 4.69) is 32.2 Å². The van der Waals surface area contributed by atoms with Crippen LogP contribution in [0.3, 0.4) is 0 Å². The number of hydrogen-bond donors (Lipinski definition) is 1. The molecule has 0 amide bonds. The Kier molecular flexibility index (Phi) is 6.74. The van der Waals surface area contributed by atoms with Crippen molar-refractivity contribution in [2.45, 2.75) is 40.0 Å². The average Bonchev–Trinajstić information content (AvgIpc) is 2.29. The maximum absolute atomic E-state index is 5.38. The van der Waals surface area contributed by atoms with Crippen molar-refractivity contribution in [2.75, 3.05) is 26.3 Å². The van der Waals surface area contributed by atoms with E-state index < -0.39 is 0 Å². The van der Waals surface area contributed by atoms with Crippen LogP contribution in [0.4, 0.5) is 0 Å². The van der Waals surface area contributed by atoms with E-state index in [1.165, 1.54) is 12.8 Å². The molecule has 1 aliphatic heterocycles. The highest BCUT2D eigenvalue weighted by Gasteiger charge is 2.14. The zero-order valence-corrected chi connectivity index (χ0v) is 11.1. The third-order valence-corrected chi connectivity index (χ3v) is 3.21. The van der Waals surface area contributed by atoms with Crippen LogP contribution in [0.5, 0.6) is 0 Å². The molecule has 0 aromatic rings. The fraction of sp³-hybridized carbons (Fsp3) is 0.857. The molecule has 1 aliphatic rings. The van der Waals surface area contributed by atoms with E-state index in [9.17, 15) is 0 Å². The first-order valence-electron chi connectivity index (χ1n) is 6.65. The van der Waals surface area contributed by atoms with Crippen LogP contribution in [0.2, 0.25) is 0 Å². The average molecular weight is 225 g/mol. The highest BCUT2D eigenvalue weighted by atomic mass is 16.5. The Bertz CT molecular complexity index is 205. The Morgan fingerprint density at radius 1 is 1.38 bits per heavy atom. The molecule has 1 heterocycles. The van der Waals surface area contributed by atoms with Crippen LogP contribution in [0.25, 0.3) is 0 Å². The van der Waals surface area contributed by atoms with Gasteiger partial charge in [0.15, 0.2) is 0 Å². The standard InChI is InChI=1S/C14H27NO/c1-12(2)11-15-8-4-5-13(3)14-6-9-16-10-7-14/h5,12,14-15H,4,6-11H2,1-3H3. The summed E-state index contributed by atoms with van der Waals surface area (Å²) >= 11 is 0. The molecule has 0 aromatic heterocycles. The molecule has 0 bridgehead atoms. The van der Waals surface area contributed by atoms with Crippen LogP contribution < -0.4 is 5.32 Å². The molecule has 1 N–H and O–H groups in total. The summed E-state index contributed by atoms with van der Waals surface area (Å²) in [6.45, 7) is 10.9. The van der Waals surface area contributed by atoms with Gasteiger partial charge in [-0.1, -0.05) is 25.5 Å². The van der Waals surface area contributed by atoms with Gasteiger partial charge in [-0.15, -0.1) is 0 Å². The molecule has 0 atom stereocenters. The summed E-state index contributed by atoms with van der Waals surface area (Å²) in [7, 11) is 0. The molecule has 2 heteroatoms. The first kappa shape index (κ1) is 13.7. The van der Waals surface area contributed by atoms with Crippen LogP contribution in [0, 0.1) is 11.8 Å². The van der Waals surface area contributed by atoms with Gasteiger partial charge >= 0.3 is 0 Å². The van der Waals surface area contributed by atoms with Gasteiger partial charge in [0, 0.05) is 13.2 Å². The van der Waals surface area contributed by atoms with Crippen molar-refractivity contribution in [2.24, 2.45) is 11.8 Å². The second-order valence-electron chi connectivity index (χ2n) is 5.22. The second-order valence-corrected chi connectivity index (χ2v) is 5.22. The van der Waals surface area contributed by atoms with E-state index >= 15 is 0 Å². The Hall–Kier alpha value is -0.340. The van der Waals surface area contributed by atoms with E-state index in [0.29, 0.717) is 0 Å². The molecule has 94 valence electrons. The van der Waals surface area contributed by atoms with E-state index in [4.69, 9.17) is 4.74 Å². The molecule has 0 unspecified atom stereocenters. The van der Waals surface area contributed by atoms with E-state index in [1.54, 1.807) is 5.57 Å².